The van der Waals surface area contributed by atoms with Crippen LogP contribution in [0.1, 0.15) is 41.5 Å². The lowest BCUT2D eigenvalue weighted by Crippen LogP contribution is -2.46. The number of cyclic esters (lactones) is 1. The van der Waals surface area contributed by atoms with Crippen LogP contribution in [0.3, 0.4) is 0 Å². The first kappa shape index (κ1) is 36.1. The molecule has 0 unspecified atom stereocenters. The normalized spacial score (nSPS) is 18.9. The minimum atomic E-state index is -0.646. The lowest BCUT2D eigenvalue weighted by Gasteiger charge is -2.25. The van der Waals surface area contributed by atoms with Crippen molar-refractivity contribution in [2.24, 2.45) is 11.8 Å². The molecule has 8 nitrogen and oxygen atoms in total. The third-order valence-electron chi connectivity index (χ3n) is 8.81. The monoisotopic (exact) mass is 674 g/mol. The molecule has 0 aromatic heterocycles. The molecule has 0 saturated carbocycles. The molecule has 50 heavy (non-hydrogen) atoms. The molecule has 0 bridgehead atoms. The molecule has 0 radical (unpaired) electrons. The average Bonchev–Trinajstić information content (AvgIpc) is 3.14. The summed E-state index contributed by atoms with van der Waals surface area (Å²) in [4.78, 5) is 40.2. The van der Waals surface area contributed by atoms with Crippen LogP contribution in [0.25, 0.3) is 0 Å². The highest BCUT2D eigenvalue weighted by Gasteiger charge is 2.27. The number of amides is 2. The molecule has 3 N–H and O–H groups in total. The molecule has 260 valence electrons. The molecule has 1 aliphatic heterocycles. The summed E-state index contributed by atoms with van der Waals surface area (Å²) >= 11 is 0. The van der Waals surface area contributed by atoms with Crippen molar-refractivity contribution in [3.8, 4) is 5.75 Å². The maximum absolute atomic E-state index is 13.6. The van der Waals surface area contributed by atoms with E-state index in [-0.39, 0.29) is 43.3 Å². The van der Waals surface area contributed by atoms with Crippen LogP contribution in [-0.2, 0) is 45.0 Å². The summed E-state index contributed by atoms with van der Waals surface area (Å²) in [6, 6.07) is 36.1. The molecule has 0 aliphatic carbocycles. The van der Waals surface area contributed by atoms with Gasteiger partial charge in [0, 0.05) is 6.42 Å². The maximum Gasteiger partial charge on any atom is 0.309 e. The van der Waals surface area contributed by atoms with E-state index >= 15 is 0 Å². The van der Waals surface area contributed by atoms with Crippen LogP contribution in [0.2, 0.25) is 0 Å². The molecule has 4 aromatic rings. The molecule has 0 spiro atoms. The van der Waals surface area contributed by atoms with E-state index in [0.717, 1.165) is 28.0 Å². The third-order valence-corrected chi connectivity index (χ3v) is 8.81. The topological polar surface area (TPSA) is 114 Å². The first-order chi connectivity index (χ1) is 24.4. The summed E-state index contributed by atoms with van der Waals surface area (Å²) in [5.74, 6) is -1.19. The summed E-state index contributed by atoms with van der Waals surface area (Å²) in [6.07, 6.45) is 5.95. The van der Waals surface area contributed by atoms with Gasteiger partial charge in [0.05, 0.1) is 30.5 Å². The van der Waals surface area contributed by atoms with Gasteiger partial charge >= 0.3 is 5.97 Å². The quantitative estimate of drug-likeness (QED) is 0.123. The Morgan fingerprint density at radius 3 is 1.96 bits per heavy atom. The fourth-order valence-corrected chi connectivity index (χ4v) is 6.05. The summed E-state index contributed by atoms with van der Waals surface area (Å²) in [7, 11) is 0. The Hall–Kier alpha value is -5.21. The van der Waals surface area contributed by atoms with Crippen LogP contribution >= 0.6 is 0 Å². The van der Waals surface area contributed by atoms with Gasteiger partial charge in [0.2, 0.25) is 11.8 Å². The van der Waals surface area contributed by atoms with Crippen molar-refractivity contribution in [3.05, 3.63) is 150 Å². The van der Waals surface area contributed by atoms with Crippen molar-refractivity contribution in [1.82, 2.24) is 10.6 Å². The highest BCUT2D eigenvalue weighted by molar-refractivity contribution is 5.86. The molecule has 4 atom stereocenters. The van der Waals surface area contributed by atoms with Crippen molar-refractivity contribution < 1.29 is 29.0 Å². The van der Waals surface area contributed by atoms with Gasteiger partial charge in [0.1, 0.15) is 19.0 Å². The minimum Gasteiger partial charge on any atom is -0.489 e. The number of carbonyl (C=O) groups excluding carboxylic acids is 3. The van der Waals surface area contributed by atoms with E-state index in [0.29, 0.717) is 38.7 Å². The van der Waals surface area contributed by atoms with Gasteiger partial charge in [-0.3, -0.25) is 14.4 Å². The number of aliphatic hydroxyl groups is 1. The standard InChI is InChI=1S/C42H46N2O6/c45-28-37(25-33-20-22-39(23-21-33)49-29-34-16-8-3-9-17-34)43-40(46)27-35-18-10-11-19-36(24-31-12-4-1-5-13-31)42(48)50-30-38(44-41(35)47)26-32-14-6-2-7-15-32/h1-17,20-23,35-38,45H,18-19,24-30H2,(H,43,46)(H,44,47)/t35-,36-,37+,38+/m1/s1. The molecular weight excluding hydrogens is 628 g/mol. The van der Waals surface area contributed by atoms with Gasteiger partial charge in [-0.25, -0.2) is 0 Å². The summed E-state index contributed by atoms with van der Waals surface area (Å²) < 4.78 is 11.7. The van der Waals surface area contributed by atoms with E-state index in [9.17, 15) is 19.5 Å². The molecular formula is C42H46N2O6. The number of hydrogen-bond acceptors (Lipinski definition) is 6. The van der Waals surface area contributed by atoms with Gasteiger partial charge < -0.3 is 25.2 Å². The first-order valence-corrected chi connectivity index (χ1v) is 17.3. The third kappa shape index (κ3) is 11.7. The van der Waals surface area contributed by atoms with Crippen LogP contribution < -0.4 is 15.4 Å². The van der Waals surface area contributed by atoms with Crippen LogP contribution in [0.4, 0.5) is 0 Å². The van der Waals surface area contributed by atoms with Crippen molar-refractivity contribution in [3.63, 3.8) is 0 Å². The fraction of sp³-hybridized carbons (Fsp3) is 0.310. The number of benzene rings is 4. The van der Waals surface area contributed by atoms with Gasteiger partial charge in [-0.05, 0) is 66.5 Å². The summed E-state index contributed by atoms with van der Waals surface area (Å²) in [6.45, 7) is 0.240. The number of esters is 1. The van der Waals surface area contributed by atoms with E-state index in [1.165, 1.54) is 0 Å². The smallest absolute Gasteiger partial charge is 0.309 e. The number of hydrogen-bond donors (Lipinski definition) is 3. The molecule has 0 fully saturated rings. The van der Waals surface area contributed by atoms with Crippen molar-refractivity contribution in [1.29, 1.82) is 0 Å². The summed E-state index contributed by atoms with van der Waals surface area (Å²) in [5.41, 5.74) is 4.06. The maximum atomic E-state index is 13.6. The second-order valence-electron chi connectivity index (χ2n) is 12.8. The van der Waals surface area contributed by atoms with Gasteiger partial charge in [-0.2, -0.15) is 0 Å². The van der Waals surface area contributed by atoms with E-state index in [1.807, 2.05) is 127 Å². The van der Waals surface area contributed by atoms with Crippen LogP contribution in [-0.4, -0.2) is 48.2 Å². The van der Waals surface area contributed by atoms with Crippen molar-refractivity contribution >= 4 is 17.8 Å². The van der Waals surface area contributed by atoms with Gasteiger partial charge in [0.15, 0.2) is 0 Å². The number of rotatable bonds is 13. The Labute approximate surface area is 294 Å². The highest BCUT2D eigenvalue weighted by Crippen LogP contribution is 2.20. The molecule has 5 rings (SSSR count). The Morgan fingerprint density at radius 1 is 0.760 bits per heavy atom. The molecule has 8 heteroatoms. The van der Waals surface area contributed by atoms with Crippen LogP contribution in [0, 0.1) is 11.8 Å². The van der Waals surface area contributed by atoms with Gasteiger partial charge in [-0.15, -0.1) is 0 Å². The zero-order chi connectivity index (χ0) is 35.0. The average molecular weight is 675 g/mol. The largest absolute Gasteiger partial charge is 0.489 e. The number of ether oxygens (including phenoxy) is 2. The van der Waals surface area contributed by atoms with E-state index in [2.05, 4.69) is 10.6 Å². The minimum absolute atomic E-state index is 0.0239. The molecule has 1 heterocycles. The Morgan fingerprint density at radius 2 is 1.34 bits per heavy atom. The van der Waals surface area contributed by atoms with Crippen molar-refractivity contribution in [2.75, 3.05) is 13.2 Å². The zero-order valence-electron chi connectivity index (χ0n) is 28.3. The Bertz CT molecular complexity index is 1660. The predicted octanol–water partition coefficient (Wildman–Crippen LogP) is 5.77. The molecule has 1 aliphatic rings. The van der Waals surface area contributed by atoms with Crippen LogP contribution in [0.5, 0.6) is 5.75 Å². The number of nitrogens with one attached hydrogen (secondary N) is 2. The highest BCUT2D eigenvalue weighted by atomic mass is 16.5. The SMILES string of the molecule is O=C(C[C@H]1CC=CC[C@H](Cc2ccccc2)C(=O)OC[C@H](Cc2ccccc2)NC1=O)N[C@H](CO)Cc1ccc(OCc2ccccc2)cc1. The predicted molar refractivity (Wildman–Crippen MR) is 193 cm³/mol. The fourth-order valence-electron chi connectivity index (χ4n) is 6.05. The number of aliphatic hydroxyl groups excluding tert-OH is 1. The lowest BCUT2D eigenvalue weighted by atomic mass is 9.94. The second-order valence-corrected chi connectivity index (χ2v) is 12.8. The Balaban J connectivity index is 1.22. The van der Waals surface area contributed by atoms with Gasteiger partial charge in [0.25, 0.3) is 0 Å². The summed E-state index contributed by atoms with van der Waals surface area (Å²) in [5, 5.41) is 16.1. The van der Waals surface area contributed by atoms with Gasteiger partial charge in [-0.1, -0.05) is 115 Å². The Kier molecular flexibility index (Phi) is 13.8. The van der Waals surface area contributed by atoms with E-state index < -0.39 is 18.0 Å². The zero-order valence-corrected chi connectivity index (χ0v) is 28.3. The molecule has 2 amide bonds. The number of carbonyl (C=O) groups is 3. The van der Waals surface area contributed by atoms with E-state index in [4.69, 9.17) is 9.47 Å². The van der Waals surface area contributed by atoms with Crippen molar-refractivity contribution in [2.45, 2.75) is 57.2 Å². The lowest BCUT2D eigenvalue weighted by molar-refractivity contribution is -0.150. The van der Waals surface area contributed by atoms with E-state index in [1.54, 1.807) is 0 Å². The second kappa shape index (κ2) is 19.1. The molecule has 4 aromatic carbocycles. The molecule has 0 saturated heterocycles. The number of allylic oxidation sites excluding steroid dienone is 2. The van der Waals surface area contributed by atoms with Crippen LogP contribution in [0.15, 0.2) is 127 Å². The first-order valence-electron chi connectivity index (χ1n) is 17.3.